The first-order valence-corrected chi connectivity index (χ1v) is 9.11. The summed E-state index contributed by atoms with van der Waals surface area (Å²) in [6.45, 7) is 2.36. The molecule has 1 amide bonds. The molecule has 2 aliphatic rings. The molecular formula is C17H21Cl2FN2O3. The van der Waals surface area contributed by atoms with Crippen LogP contribution in [0.2, 0.25) is 10.0 Å². The second kappa shape index (κ2) is 8.18. The van der Waals surface area contributed by atoms with Gasteiger partial charge in [-0.1, -0.05) is 23.2 Å². The summed E-state index contributed by atoms with van der Waals surface area (Å²) in [6, 6.07) is 2.06. The van der Waals surface area contributed by atoms with Crippen molar-refractivity contribution in [2.45, 2.75) is 25.0 Å². The van der Waals surface area contributed by atoms with Crippen molar-refractivity contribution in [2.24, 2.45) is 11.7 Å². The maximum atomic E-state index is 13.8. The van der Waals surface area contributed by atoms with Gasteiger partial charge in [-0.2, -0.15) is 0 Å². The van der Waals surface area contributed by atoms with Gasteiger partial charge in [-0.3, -0.25) is 4.79 Å². The summed E-state index contributed by atoms with van der Waals surface area (Å²) in [5.74, 6) is -0.545. The molecule has 3 rings (SSSR count). The Hall–Kier alpha value is -0.920. The van der Waals surface area contributed by atoms with Crippen molar-refractivity contribution < 1.29 is 18.7 Å². The standard InChI is InChI=1S/C17H21Cl2FN2O3/c18-12-8-13(19)14(20)7-11(12)15-9-22(3-6-25-15)17(23)16(21)10-1-4-24-5-2-10/h7-8,10,15-16H,1-6,9,21H2. The molecule has 1 aromatic rings. The van der Waals surface area contributed by atoms with Gasteiger partial charge in [0.25, 0.3) is 0 Å². The number of ether oxygens (including phenoxy) is 2. The molecule has 2 N–H and O–H groups in total. The summed E-state index contributed by atoms with van der Waals surface area (Å²) in [5, 5.41) is 0.276. The number of carbonyl (C=O) groups is 1. The van der Waals surface area contributed by atoms with Crippen molar-refractivity contribution in [1.29, 1.82) is 0 Å². The topological polar surface area (TPSA) is 64.8 Å². The number of nitrogens with two attached hydrogens (primary N) is 1. The molecule has 8 heteroatoms. The van der Waals surface area contributed by atoms with Gasteiger partial charge in [0.15, 0.2) is 0 Å². The fourth-order valence-electron chi connectivity index (χ4n) is 3.31. The highest BCUT2D eigenvalue weighted by molar-refractivity contribution is 6.35. The highest BCUT2D eigenvalue weighted by Gasteiger charge is 2.33. The quantitative estimate of drug-likeness (QED) is 0.805. The van der Waals surface area contributed by atoms with Gasteiger partial charge in [0.2, 0.25) is 5.91 Å². The van der Waals surface area contributed by atoms with Crippen LogP contribution in [0.3, 0.4) is 0 Å². The van der Waals surface area contributed by atoms with Crippen molar-refractivity contribution >= 4 is 29.1 Å². The number of hydrogen-bond donors (Lipinski definition) is 1. The minimum Gasteiger partial charge on any atom is -0.381 e. The Morgan fingerprint density at radius 1 is 1.24 bits per heavy atom. The normalized spacial score (nSPS) is 23.5. The van der Waals surface area contributed by atoms with E-state index < -0.39 is 18.0 Å². The number of hydrogen-bond acceptors (Lipinski definition) is 4. The number of nitrogens with zero attached hydrogens (tertiary/aromatic N) is 1. The summed E-state index contributed by atoms with van der Waals surface area (Å²) in [6.07, 6.45) is 1.07. The zero-order chi connectivity index (χ0) is 18.0. The molecule has 0 aromatic heterocycles. The van der Waals surface area contributed by atoms with Crippen LogP contribution in [0.25, 0.3) is 0 Å². The SMILES string of the molecule is NC(C(=O)N1CCOC(c2cc(F)c(Cl)cc2Cl)C1)C1CCOCC1. The van der Waals surface area contributed by atoms with Gasteiger partial charge in [-0.25, -0.2) is 4.39 Å². The highest BCUT2D eigenvalue weighted by Crippen LogP contribution is 2.32. The fraction of sp³-hybridized carbons (Fsp3) is 0.588. The summed E-state index contributed by atoms with van der Waals surface area (Å²) in [7, 11) is 0. The molecule has 1 aromatic carbocycles. The third-order valence-electron chi connectivity index (χ3n) is 4.82. The highest BCUT2D eigenvalue weighted by atomic mass is 35.5. The zero-order valence-electron chi connectivity index (χ0n) is 13.7. The van der Waals surface area contributed by atoms with E-state index in [4.69, 9.17) is 38.4 Å². The van der Waals surface area contributed by atoms with Gasteiger partial charge in [0.1, 0.15) is 11.9 Å². The van der Waals surface area contributed by atoms with E-state index in [1.807, 2.05) is 0 Å². The minimum atomic E-state index is -0.563. The molecule has 5 nitrogen and oxygen atoms in total. The summed E-state index contributed by atoms with van der Waals surface area (Å²) in [5.41, 5.74) is 6.68. The monoisotopic (exact) mass is 390 g/mol. The summed E-state index contributed by atoms with van der Waals surface area (Å²) in [4.78, 5) is 14.4. The largest absolute Gasteiger partial charge is 0.381 e. The van der Waals surface area contributed by atoms with Gasteiger partial charge in [0.05, 0.1) is 24.2 Å². The molecule has 0 saturated carbocycles. The average molecular weight is 391 g/mol. The van der Waals surface area contributed by atoms with E-state index in [0.29, 0.717) is 37.0 Å². The van der Waals surface area contributed by atoms with Crippen LogP contribution in [0, 0.1) is 11.7 Å². The predicted molar refractivity (Wildman–Crippen MR) is 93.2 cm³/mol. The summed E-state index contributed by atoms with van der Waals surface area (Å²) < 4.78 is 24.8. The maximum absolute atomic E-state index is 13.8. The van der Waals surface area contributed by atoms with E-state index in [0.717, 1.165) is 12.8 Å². The third-order valence-corrected chi connectivity index (χ3v) is 5.44. The van der Waals surface area contributed by atoms with E-state index >= 15 is 0 Å². The number of carbonyl (C=O) groups excluding carboxylic acids is 1. The Kier molecular flexibility index (Phi) is 6.17. The molecule has 2 fully saturated rings. The Labute approximate surface area is 156 Å². The second-order valence-electron chi connectivity index (χ2n) is 6.41. The van der Waals surface area contributed by atoms with Crippen LogP contribution in [0.15, 0.2) is 12.1 Å². The van der Waals surface area contributed by atoms with Crippen LogP contribution >= 0.6 is 23.2 Å². The number of halogens is 3. The third kappa shape index (κ3) is 4.26. The molecule has 0 aliphatic carbocycles. The maximum Gasteiger partial charge on any atom is 0.239 e. The molecule has 2 saturated heterocycles. The minimum absolute atomic E-state index is 0.0426. The predicted octanol–water partition coefficient (Wildman–Crippen LogP) is 2.79. The molecular weight excluding hydrogens is 370 g/mol. The van der Waals surface area contributed by atoms with Gasteiger partial charge in [0, 0.05) is 30.3 Å². The second-order valence-corrected chi connectivity index (χ2v) is 7.22. The molecule has 0 spiro atoms. The van der Waals surface area contributed by atoms with E-state index in [1.54, 1.807) is 4.90 Å². The molecule has 2 atom stereocenters. The van der Waals surface area contributed by atoms with Crippen LogP contribution in [-0.2, 0) is 14.3 Å². The van der Waals surface area contributed by atoms with Gasteiger partial charge in [-0.05, 0) is 30.9 Å². The van der Waals surface area contributed by atoms with Crippen molar-refractivity contribution in [3.63, 3.8) is 0 Å². The van der Waals surface area contributed by atoms with E-state index in [2.05, 4.69) is 0 Å². The van der Waals surface area contributed by atoms with Crippen LogP contribution in [0.4, 0.5) is 4.39 Å². The number of amides is 1. The number of rotatable bonds is 3. The van der Waals surface area contributed by atoms with Gasteiger partial charge >= 0.3 is 0 Å². The molecule has 138 valence electrons. The first kappa shape index (κ1) is 18.9. The Balaban J connectivity index is 1.70. The van der Waals surface area contributed by atoms with E-state index in [-0.39, 0.29) is 23.4 Å². The van der Waals surface area contributed by atoms with E-state index in [1.165, 1.54) is 12.1 Å². The molecule has 0 bridgehead atoms. The van der Waals surface area contributed by atoms with E-state index in [9.17, 15) is 9.18 Å². The summed E-state index contributed by atoms with van der Waals surface area (Å²) >= 11 is 11.9. The lowest BCUT2D eigenvalue weighted by atomic mass is 9.91. The average Bonchev–Trinajstić information content (AvgIpc) is 2.64. The molecule has 2 aliphatic heterocycles. The Bertz CT molecular complexity index is 641. The van der Waals surface area contributed by atoms with Crippen LogP contribution in [-0.4, -0.2) is 49.8 Å². The van der Waals surface area contributed by atoms with Crippen LogP contribution < -0.4 is 5.73 Å². The van der Waals surface area contributed by atoms with Crippen LogP contribution in [0.5, 0.6) is 0 Å². The number of benzene rings is 1. The van der Waals surface area contributed by atoms with Gasteiger partial charge < -0.3 is 20.1 Å². The first-order valence-electron chi connectivity index (χ1n) is 8.35. The van der Waals surface area contributed by atoms with Crippen molar-refractivity contribution in [3.05, 3.63) is 33.6 Å². The molecule has 0 radical (unpaired) electrons. The van der Waals surface area contributed by atoms with Crippen molar-refractivity contribution in [3.8, 4) is 0 Å². The van der Waals surface area contributed by atoms with Crippen molar-refractivity contribution in [2.75, 3.05) is 32.9 Å². The Morgan fingerprint density at radius 3 is 2.68 bits per heavy atom. The lowest BCUT2D eigenvalue weighted by Gasteiger charge is -2.37. The molecule has 25 heavy (non-hydrogen) atoms. The van der Waals surface area contributed by atoms with Crippen LogP contribution in [0.1, 0.15) is 24.5 Å². The number of morpholine rings is 1. The Morgan fingerprint density at radius 2 is 1.96 bits per heavy atom. The lowest BCUT2D eigenvalue weighted by Crippen LogP contribution is -2.52. The first-order chi connectivity index (χ1) is 12.0. The van der Waals surface area contributed by atoms with Gasteiger partial charge in [-0.15, -0.1) is 0 Å². The fourth-order valence-corrected chi connectivity index (χ4v) is 3.81. The molecule has 2 heterocycles. The zero-order valence-corrected chi connectivity index (χ0v) is 15.2. The molecule has 2 unspecified atom stereocenters. The van der Waals surface area contributed by atoms with Crippen molar-refractivity contribution in [1.82, 2.24) is 4.90 Å². The lowest BCUT2D eigenvalue weighted by molar-refractivity contribution is -0.142. The smallest absolute Gasteiger partial charge is 0.239 e.